The number of nitrogens with zero attached hydrogens (tertiary/aromatic N) is 3. The second-order valence-corrected chi connectivity index (χ2v) is 7.17. The number of likely N-dealkylation sites (tertiary alicyclic amines) is 1. The van der Waals surface area contributed by atoms with Crippen molar-refractivity contribution >= 4 is 16.7 Å². The lowest BCUT2D eigenvalue weighted by atomic mass is 9.92. The van der Waals surface area contributed by atoms with Crippen LogP contribution in [-0.4, -0.2) is 34.0 Å². The highest BCUT2D eigenvalue weighted by molar-refractivity contribution is 5.92. The molecule has 1 fully saturated rings. The molecule has 0 aliphatic carbocycles. The molecule has 26 heavy (non-hydrogen) atoms. The molecule has 134 valence electrons. The lowest BCUT2D eigenvalue weighted by Crippen LogP contribution is -2.32. The van der Waals surface area contributed by atoms with E-state index in [1.807, 2.05) is 24.2 Å². The molecule has 5 heteroatoms. The van der Waals surface area contributed by atoms with Crippen LogP contribution in [0, 0.1) is 12.8 Å². The van der Waals surface area contributed by atoms with Crippen molar-refractivity contribution in [2.75, 3.05) is 13.1 Å². The van der Waals surface area contributed by atoms with Crippen molar-refractivity contribution in [3.8, 4) is 0 Å². The Balaban J connectivity index is 1.40. The van der Waals surface area contributed by atoms with Crippen molar-refractivity contribution in [2.24, 2.45) is 5.92 Å². The first kappa shape index (κ1) is 16.8. The molecule has 1 atom stereocenters. The monoisotopic (exact) mass is 349 g/mol. The third-order valence-corrected chi connectivity index (χ3v) is 5.21. The van der Waals surface area contributed by atoms with Gasteiger partial charge in [0.05, 0.1) is 0 Å². The number of pyridine rings is 1. The zero-order chi connectivity index (χ0) is 17.9. The maximum Gasteiger partial charge on any atom is 0.276 e. The Bertz CT molecular complexity index is 918. The average Bonchev–Trinajstić information content (AvgIpc) is 2.96. The Hall–Kier alpha value is -2.69. The lowest BCUT2D eigenvalue weighted by molar-refractivity contribution is 0.0749. The molecule has 0 N–H and O–H groups in total. The van der Waals surface area contributed by atoms with Gasteiger partial charge in [-0.15, -0.1) is 0 Å². The Morgan fingerprint density at radius 1 is 1.19 bits per heavy atom. The van der Waals surface area contributed by atoms with Gasteiger partial charge in [-0.1, -0.05) is 23.4 Å². The van der Waals surface area contributed by atoms with Gasteiger partial charge in [-0.3, -0.25) is 9.78 Å². The van der Waals surface area contributed by atoms with E-state index in [-0.39, 0.29) is 5.91 Å². The molecule has 4 rings (SSSR count). The molecule has 1 amide bonds. The molecule has 0 spiro atoms. The minimum atomic E-state index is -0.0132. The van der Waals surface area contributed by atoms with E-state index in [1.165, 1.54) is 16.3 Å². The topological polar surface area (TPSA) is 59.2 Å². The van der Waals surface area contributed by atoms with Crippen LogP contribution in [0.15, 0.2) is 47.2 Å². The molecule has 0 bridgehead atoms. The van der Waals surface area contributed by atoms with Crippen LogP contribution in [0.4, 0.5) is 0 Å². The van der Waals surface area contributed by atoms with Crippen LogP contribution in [0.25, 0.3) is 10.8 Å². The summed E-state index contributed by atoms with van der Waals surface area (Å²) in [5.74, 6) is 1.26. The predicted octanol–water partition coefficient (Wildman–Crippen LogP) is 4.02. The first-order chi connectivity index (χ1) is 12.7. The van der Waals surface area contributed by atoms with Crippen LogP contribution in [0.5, 0.6) is 0 Å². The molecule has 1 saturated heterocycles. The number of amides is 1. The van der Waals surface area contributed by atoms with E-state index in [2.05, 4.69) is 34.4 Å². The van der Waals surface area contributed by atoms with Crippen LogP contribution < -0.4 is 0 Å². The van der Waals surface area contributed by atoms with Crippen LogP contribution in [0.2, 0.25) is 0 Å². The van der Waals surface area contributed by atoms with Crippen LogP contribution >= 0.6 is 0 Å². The minimum Gasteiger partial charge on any atom is -0.361 e. The second-order valence-electron chi connectivity index (χ2n) is 7.17. The molecule has 2 aromatic heterocycles. The smallest absolute Gasteiger partial charge is 0.276 e. The fourth-order valence-electron chi connectivity index (χ4n) is 3.79. The molecular weight excluding hydrogens is 326 g/mol. The van der Waals surface area contributed by atoms with Gasteiger partial charge in [0.15, 0.2) is 5.69 Å². The number of aromatic nitrogens is 2. The number of hydrogen-bond donors (Lipinski definition) is 0. The third kappa shape index (κ3) is 3.62. The van der Waals surface area contributed by atoms with Gasteiger partial charge in [0.1, 0.15) is 5.76 Å². The average molecular weight is 349 g/mol. The maximum absolute atomic E-state index is 12.6. The van der Waals surface area contributed by atoms with E-state index >= 15 is 0 Å². The molecule has 1 aromatic carbocycles. The van der Waals surface area contributed by atoms with Crippen molar-refractivity contribution in [3.63, 3.8) is 0 Å². The summed E-state index contributed by atoms with van der Waals surface area (Å²) in [6.07, 6.45) is 8.01. The Morgan fingerprint density at radius 3 is 2.96 bits per heavy atom. The van der Waals surface area contributed by atoms with Gasteiger partial charge in [-0.25, -0.2) is 0 Å². The van der Waals surface area contributed by atoms with Crippen LogP contribution in [-0.2, 0) is 6.42 Å². The van der Waals surface area contributed by atoms with E-state index in [4.69, 9.17) is 4.52 Å². The van der Waals surface area contributed by atoms with Crippen molar-refractivity contribution < 1.29 is 9.32 Å². The van der Waals surface area contributed by atoms with E-state index < -0.39 is 0 Å². The summed E-state index contributed by atoms with van der Waals surface area (Å²) in [6, 6.07) is 10.4. The van der Waals surface area contributed by atoms with E-state index in [1.54, 1.807) is 6.07 Å². The van der Waals surface area contributed by atoms with E-state index in [0.717, 1.165) is 38.8 Å². The van der Waals surface area contributed by atoms with E-state index in [9.17, 15) is 4.79 Å². The lowest BCUT2D eigenvalue weighted by Gasteiger charge is -2.19. The van der Waals surface area contributed by atoms with Gasteiger partial charge in [0, 0.05) is 36.9 Å². The van der Waals surface area contributed by atoms with Crippen molar-refractivity contribution in [1.29, 1.82) is 0 Å². The molecule has 5 nitrogen and oxygen atoms in total. The molecule has 3 aromatic rings. The number of fused-ring (bicyclic) bond motifs is 1. The van der Waals surface area contributed by atoms with Gasteiger partial charge < -0.3 is 9.42 Å². The molecule has 1 aliphatic heterocycles. The highest BCUT2D eigenvalue weighted by Crippen LogP contribution is 2.24. The number of carbonyl (C=O) groups excluding carboxylic acids is 1. The quantitative estimate of drug-likeness (QED) is 0.717. The zero-order valence-corrected chi connectivity index (χ0v) is 15.0. The SMILES string of the molecule is Cc1cc(C(=O)N2CCC[C@H](Cc3ccc4cnccc4c3)CC2)no1. The fourth-order valence-corrected chi connectivity index (χ4v) is 3.79. The van der Waals surface area contributed by atoms with Gasteiger partial charge in [0.2, 0.25) is 0 Å². The summed E-state index contributed by atoms with van der Waals surface area (Å²) in [6.45, 7) is 3.39. The summed E-state index contributed by atoms with van der Waals surface area (Å²) >= 11 is 0. The second kappa shape index (κ2) is 7.28. The normalized spacial score (nSPS) is 18.0. The van der Waals surface area contributed by atoms with Gasteiger partial charge in [-0.05, 0) is 55.5 Å². The van der Waals surface area contributed by atoms with Gasteiger partial charge in [0.25, 0.3) is 5.91 Å². The zero-order valence-electron chi connectivity index (χ0n) is 15.0. The third-order valence-electron chi connectivity index (χ3n) is 5.21. The number of rotatable bonds is 3. The van der Waals surface area contributed by atoms with Crippen molar-refractivity contribution in [1.82, 2.24) is 15.0 Å². The van der Waals surface area contributed by atoms with Crippen molar-refractivity contribution in [2.45, 2.75) is 32.6 Å². The Labute approximate surface area is 153 Å². The number of hydrogen-bond acceptors (Lipinski definition) is 4. The predicted molar refractivity (Wildman–Crippen MR) is 99.9 cm³/mol. The highest BCUT2D eigenvalue weighted by atomic mass is 16.5. The van der Waals surface area contributed by atoms with Gasteiger partial charge >= 0.3 is 0 Å². The standard InChI is InChI=1S/C21H23N3O2/c1-15-11-20(23-26-15)21(25)24-9-2-3-16(7-10-24)12-17-4-5-19-14-22-8-6-18(19)13-17/h4-6,8,11,13-14,16H,2-3,7,9-10,12H2,1H3/t16-/m0/s1. The summed E-state index contributed by atoms with van der Waals surface area (Å²) < 4.78 is 5.04. The van der Waals surface area contributed by atoms with Gasteiger partial charge in [-0.2, -0.15) is 0 Å². The number of benzene rings is 1. The van der Waals surface area contributed by atoms with Crippen molar-refractivity contribution in [3.05, 3.63) is 59.7 Å². The Kier molecular flexibility index (Phi) is 4.69. The summed E-state index contributed by atoms with van der Waals surface area (Å²) in [5.41, 5.74) is 1.78. The summed E-state index contributed by atoms with van der Waals surface area (Å²) in [4.78, 5) is 18.7. The largest absolute Gasteiger partial charge is 0.361 e. The van der Waals surface area contributed by atoms with E-state index in [0.29, 0.717) is 17.4 Å². The molecule has 0 radical (unpaired) electrons. The molecule has 3 heterocycles. The molecule has 0 saturated carbocycles. The number of carbonyl (C=O) groups is 1. The highest BCUT2D eigenvalue weighted by Gasteiger charge is 2.23. The van der Waals surface area contributed by atoms with Crippen LogP contribution in [0.3, 0.4) is 0 Å². The molecule has 1 aliphatic rings. The first-order valence-corrected chi connectivity index (χ1v) is 9.24. The maximum atomic E-state index is 12.6. The number of aryl methyl sites for hydroxylation is 1. The molecule has 0 unspecified atom stereocenters. The first-order valence-electron chi connectivity index (χ1n) is 9.24. The fraction of sp³-hybridized carbons (Fsp3) is 0.381. The van der Waals surface area contributed by atoms with Crippen LogP contribution in [0.1, 0.15) is 41.1 Å². The Morgan fingerprint density at radius 2 is 2.12 bits per heavy atom. The summed E-state index contributed by atoms with van der Waals surface area (Å²) in [7, 11) is 0. The minimum absolute atomic E-state index is 0.0132. The molecular formula is C21H23N3O2. The summed E-state index contributed by atoms with van der Waals surface area (Å²) in [5, 5.41) is 6.28.